The highest BCUT2D eigenvalue weighted by atomic mass is 35.5. The Morgan fingerprint density at radius 2 is 1.91 bits per heavy atom. The molecule has 0 atom stereocenters. The van der Waals surface area contributed by atoms with Crippen LogP contribution >= 0.6 is 11.6 Å². The van der Waals surface area contributed by atoms with E-state index in [1.807, 2.05) is 37.3 Å². The van der Waals surface area contributed by atoms with E-state index >= 15 is 0 Å². The van der Waals surface area contributed by atoms with Crippen LogP contribution in [-0.2, 0) is 13.0 Å². The second-order valence-electron chi connectivity index (χ2n) is 5.00. The molecule has 3 rings (SSSR count). The third-order valence-corrected chi connectivity index (χ3v) is 3.80. The molecule has 0 radical (unpaired) electrons. The highest BCUT2D eigenvalue weighted by Crippen LogP contribution is 2.31. The fourth-order valence-electron chi connectivity index (χ4n) is 2.37. The molecule has 4 heteroatoms. The van der Waals surface area contributed by atoms with E-state index in [-0.39, 0.29) is 5.63 Å². The van der Waals surface area contributed by atoms with E-state index in [1.165, 1.54) is 6.07 Å². The van der Waals surface area contributed by atoms with Gasteiger partial charge >= 0.3 is 5.63 Å². The second-order valence-corrected chi connectivity index (χ2v) is 5.40. The number of benzene rings is 2. The first-order valence-corrected chi connectivity index (χ1v) is 7.48. The van der Waals surface area contributed by atoms with Crippen LogP contribution in [0.4, 0.5) is 0 Å². The van der Waals surface area contributed by atoms with Crippen molar-refractivity contribution in [3.63, 3.8) is 0 Å². The van der Waals surface area contributed by atoms with Crippen LogP contribution < -0.4 is 10.4 Å². The number of halogens is 1. The summed E-state index contributed by atoms with van der Waals surface area (Å²) in [5, 5.41) is 1.35. The van der Waals surface area contributed by atoms with Crippen molar-refractivity contribution in [2.24, 2.45) is 0 Å². The first-order chi connectivity index (χ1) is 10.7. The number of hydrogen-bond donors (Lipinski definition) is 0. The molecule has 0 unspecified atom stereocenters. The van der Waals surface area contributed by atoms with E-state index in [1.54, 1.807) is 12.1 Å². The molecular formula is C18H15ClO3. The molecule has 0 fully saturated rings. The summed E-state index contributed by atoms with van der Waals surface area (Å²) in [5.74, 6) is 0.509. The highest BCUT2D eigenvalue weighted by molar-refractivity contribution is 6.32. The Kier molecular flexibility index (Phi) is 4.16. The zero-order chi connectivity index (χ0) is 15.5. The number of aryl methyl sites for hydroxylation is 1. The van der Waals surface area contributed by atoms with Crippen LogP contribution in [0.25, 0.3) is 11.0 Å². The van der Waals surface area contributed by atoms with Gasteiger partial charge in [-0.05, 0) is 23.6 Å². The molecule has 0 amide bonds. The highest BCUT2D eigenvalue weighted by Gasteiger charge is 2.10. The summed E-state index contributed by atoms with van der Waals surface area (Å²) in [4.78, 5) is 11.6. The maximum absolute atomic E-state index is 11.6. The zero-order valence-corrected chi connectivity index (χ0v) is 12.9. The molecule has 1 aromatic heterocycles. The van der Waals surface area contributed by atoms with Gasteiger partial charge in [0.25, 0.3) is 0 Å². The molecule has 0 N–H and O–H groups in total. The van der Waals surface area contributed by atoms with E-state index in [9.17, 15) is 4.79 Å². The van der Waals surface area contributed by atoms with Crippen LogP contribution in [0.1, 0.15) is 18.1 Å². The average molecular weight is 315 g/mol. The Hall–Kier alpha value is -2.26. The van der Waals surface area contributed by atoms with Gasteiger partial charge in [-0.2, -0.15) is 0 Å². The third kappa shape index (κ3) is 3.00. The Morgan fingerprint density at radius 3 is 2.64 bits per heavy atom. The zero-order valence-electron chi connectivity index (χ0n) is 12.1. The van der Waals surface area contributed by atoms with E-state index in [2.05, 4.69) is 0 Å². The molecule has 112 valence electrons. The molecule has 0 spiro atoms. The van der Waals surface area contributed by atoms with E-state index in [4.69, 9.17) is 20.8 Å². The fourth-order valence-corrected chi connectivity index (χ4v) is 2.58. The smallest absolute Gasteiger partial charge is 0.336 e. The van der Waals surface area contributed by atoms with Crippen LogP contribution in [-0.4, -0.2) is 0 Å². The van der Waals surface area contributed by atoms with Crippen molar-refractivity contribution >= 4 is 22.6 Å². The lowest BCUT2D eigenvalue weighted by atomic mass is 10.1. The van der Waals surface area contributed by atoms with Crippen molar-refractivity contribution in [1.82, 2.24) is 0 Å². The van der Waals surface area contributed by atoms with Crippen LogP contribution in [0.15, 0.2) is 57.7 Å². The fraction of sp³-hybridized carbons (Fsp3) is 0.167. The summed E-state index contributed by atoms with van der Waals surface area (Å²) in [5.41, 5.74) is 2.10. The van der Waals surface area contributed by atoms with Gasteiger partial charge in [0.2, 0.25) is 0 Å². The van der Waals surface area contributed by atoms with Gasteiger partial charge in [0.1, 0.15) is 17.9 Å². The largest absolute Gasteiger partial charge is 0.487 e. The van der Waals surface area contributed by atoms with Gasteiger partial charge in [-0.3, -0.25) is 0 Å². The van der Waals surface area contributed by atoms with Crippen molar-refractivity contribution in [2.45, 2.75) is 20.0 Å². The molecule has 0 saturated carbocycles. The van der Waals surface area contributed by atoms with Crippen molar-refractivity contribution in [1.29, 1.82) is 0 Å². The van der Waals surface area contributed by atoms with Gasteiger partial charge in [-0.25, -0.2) is 4.79 Å². The first kappa shape index (κ1) is 14.7. The van der Waals surface area contributed by atoms with Gasteiger partial charge in [0, 0.05) is 17.5 Å². The topological polar surface area (TPSA) is 39.4 Å². The summed E-state index contributed by atoms with van der Waals surface area (Å²) < 4.78 is 11.0. The Bertz CT molecular complexity index is 853. The van der Waals surface area contributed by atoms with Gasteiger partial charge < -0.3 is 9.15 Å². The first-order valence-electron chi connectivity index (χ1n) is 7.10. The molecule has 22 heavy (non-hydrogen) atoms. The van der Waals surface area contributed by atoms with Gasteiger partial charge in [0.15, 0.2) is 0 Å². The summed E-state index contributed by atoms with van der Waals surface area (Å²) in [7, 11) is 0. The lowest BCUT2D eigenvalue weighted by molar-refractivity contribution is 0.306. The summed E-state index contributed by atoms with van der Waals surface area (Å²) in [6.45, 7) is 2.39. The van der Waals surface area contributed by atoms with Crippen LogP contribution in [0, 0.1) is 0 Å². The van der Waals surface area contributed by atoms with Gasteiger partial charge in [0.05, 0.1) is 5.02 Å². The lowest BCUT2D eigenvalue weighted by Crippen LogP contribution is -2.01. The summed E-state index contributed by atoms with van der Waals surface area (Å²) >= 11 is 6.29. The molecule has 0 aliphatic rings. The standard InChI is InChI=1S/C18H15ClO3/c1-2-13-8-18(20)22-16-10-17(15(19)9-14(13)16)21-11-12-6-4-3-5-7-12/h3-10H,2,11H2,1H3. The molecular weight excluding hydrogens is 300 g/mol. The van der Waals surface area contributed by atoms with Gasteiger partial charge in [-0.1, -0.05) is 48.9 Å². The van der Waals surface area contributed by atoms with Crippen LogP contribution in [0.5, 0.6) is 5.75 Å². The second kappa shape index (κ2) is 6.24. The predicted octanol–water partition coefficient (Wildman–Crippen LogP) is 4.59. The Morgan fingerprint density at radius 1 is 1.14 bits per heavy atom. The maximum Gasteiger partial charge on any atom is 0.336 e. The van der Waals surface area contributed by atoms with Gasteiger partial charge in [-0.15, -0.1) is 0 Å². The van der Waals surface area contributed by atoms with E-state index < -0.39 is 0 Å². The molecule has 0 aliphatic carbocycles. The lowest BCUT2D eigenvalue weighted by Gasteiger charge is -2.10. The average Bonchev–Trinajstić information content (AvgIpc) is 2.53. The van der Waals surface area contributed by atoms with Crippen molar-refractivity contribution in [3.05, 3.63) is 75.1 Å². The molecule has 3 nitrogen and oxygen atoms in total. The molecule has 0 aliphatic heterocycles. The normalized spacial score (nSPS) is 10.8. The molecule has 0 saturated heterocycles. The minimum Gasteiger partial charge on any atom is -0.487 e. The number of ether oxygens (including phenoxy) is 1. The van der Waals surface area contributed by atoms with Crippen LogP contribution in [0.2, 0.25) is 5.02 Å². The number of rotatable bonds is 4. The predicted molar refractivity (Wildman–Crippen MR) is 87.6 cm³/mol. The molecule has 2 aromatic carbocycles. The monoisotopic (exact) mass is 314 g/mol. The van der Waals surface area contributed by atoms with Crippen molar-refractivity contribution < 1.29 is 9.15 Å². The minimum atomic E-state index is -0.360. The molecule has 0 bridgehead atoms. The minimum absolute atomic E-state index is 0.360. The summed E-state index contributed by atoms with van der Waals surface area (Å²) in [6, 6.07) is 14.8. The number of hydrogen-bond acceptors (Lipinski definition) is 3. The molecule has 3 aromatic rings. The summed E-state index contributed by atoms with van der Waals surface area (Å²) in [6.07, 6.45) is 0.739. The third-order valence-electron chi connectivity index (χ3n) is 3.50. The number of fused-ring (bicyclic) bond motifs is 1. The SMILES string of the molecule is CCc1cc(=O)oc2cc(OCc3ccccc3)c(Cl)cc12. The Labute approximate surface area is 133 Å². The van der Waals surface area contributed by atoms with Crippen molar-refractivity contribution in [2.75, 3.05) is 0 Å². The molecule has 1 heterocycles. The Balaban J connectivity index is 1.97. The maximum atomic E-state index is 11.6. The van der Waals surface area contributed by atoms with Crippen molar-refractivity contribution in [3.8, 4) is 5.75 Å². The van der Waals surface area contributed by atoms with E-state index in [0.717, 1.165) is 22.9 Å². The van der Waals surface area contributed by atoms with E-state index in [0.29, 0.717) is 23.0 Å². The van der Waals surface area contributed by atoms with Crippen LogP contribution in [0.3, 0.4) is 0 Å². The quantitative estimate of drug-likeness (QED) is 0.661.